The molecule has 1 N–H and O–H groups in total. The largest absolute Gasteiger partial charge is 0.327 e. The van der Waals surface area contributed by atoms with Crippen LogP contribution in [0.25, 0.3) is 0 Å². The van der Waals surface area contributed by atoms with Gasteiger partial charge in [0.25, 0.3) is 0 Å². The first-order valence-electron chi connectivity index (χ1n) is 4.09. The van der Waals surface area contributed by atoms with Crippen LogP contribution >= 0.6 is 38.9 Å². The smallest absolute Gasteiger partial charge is 0.188 e. The first-order chi connectivity index (χ1) is 7.56. The molecule has 0 spiro atoms. The summed E-state index contributed by atoms with van der Waals surface area (Å²) < 4.78 is 27.2. The average molecular weight is 326 g/mol. The van der Waals surface area contributed by atoms with E-state index in [1.54, 1.807) is 5.38 Å². The second kappa shape index (κ2) is 4.65. The van der Waals surface area contributed by atoms with E-state index in [1.165, 1.54) is 23.5 Å². The Morgan fingerprint density at radius 3 is 2.44 bits per heavy atom. The number of halogens is 4. The highest BCUT2D eigenvalue weighted by molar-refractivity contribution is 9.10. The molecular formula is C9H4BrClF2N2S. The van der Waals surface area contributed by atoms with E-state index in [-0.39, 0.29) is 10.8 Å². The van der Waals surface area contributed by atoms with Crippen molar-refractivity contribution >= 4 is 49.7 Å². The van der Waals surface area contributed by atoms with Gasteiger partial charge in [0.1, 0.15) is 10.8 Å². The predicted octanol–water partition coefficient (Wildman–Crippen LogP) is 4.58. The van der Waals surface area contributed by atoms with Gasteiger partial charge in [-0.25, -0.2) is 13.8 Å². The van der Waals surface area contributed by atoms with Crippen LogP contribution in [-0.2, 0) is 0 Å². The second-order valence-electron chi connectivity index (χ2n) is 2.84. The van der Waals surface area contributed by atoms with Crippen LogP contribution in [0.1, 0.15) is 0 Å². The first-order valence-corrected chi connectivity index (χ1v) is 6.14. The van der Waals surface area contributed by atoms with Gasteiger partial charge in [-0.15, -0.1) is 11.3 Å². The predicted molar refractivity (Wildman–Crippen MR) is 64.5 cm³/mol. The summed E-state index contributed by atoms with van der Waals surface area (Å²) in [4.78, 5) is 3.84. The highest BCUT2D eigenvalue weighted by Gasteiger charge is 2.12. The molecule has 1 aromatic carbocycles. The molecule has 2 aromatic rings. The Morgan fingerprint density at radius 1 is 1.31 bits per heavy atom. The lowest BCUT2D eigenvalue weighted by atomic mass is 10.3. The molecule has 84 valence electrons. The van der Waals surface area contributed by atoms with Crippen molar-refractivity contribution in [2.24, 2.45) is 0 Å². The van der Waals surface area contributed by atoms with Crippen molar-refractivity contribution in [2.75, 3.05) is 5.32 Å². The summed E-state index contributed by atoms with van der Waals surface area (Å²) in [6.07, 6.45) is 0. The van der Waals surface area contributed by atoms with Crippen molar-refractivity contribution in [3.63, 3.8) is 0 Å². The highest BCUT2D eigenvalue weighted by atomic mass is 79.9. The minimum absolute atomic E-state index is 0.241. The van der Waals surface area contributed by atoms with Crippen LogP contribution < -0.4 is 5.32 Å². The van der Waals surface area contributed by atoms with Crippen molar-refractivity contribution < 1.29 is 8.78 Å². The standard InChI is InChI=1S/C9H4BrClF2N2S/c10-4-1-5(12)8(6(13)2-4)15-9-14-7(11)3-16-9/h1-3H,(H,14,15). The summed E-state index contributed by atoms with van der Waals surface area (Å²) >= 11 is 9.76. The van der Waals surface area contributed by atoms with E-state index in [9.17, 15) is 8.78 Å². The van der Waals surface area contributed by atoms with Gasteiger partial charge in [0.15, 0.2) is 16.8 Å². The number of nitrogens with one attached hydrogen (secondary N) is 1. The van der Waals surface area contributed by atoms with Gasteiger partial charge in [-0.1, -0.05) is 27.5 Å². The molecule has 1 aromatic heterocycles. The molecule has 0 saturated heterocycles. The van der Waals surface area contributed by atoms with Crippen LogP contribution in [0.15, 0.2) is 22.0 Å². The normalized spacial score (nSPS) is 10.5. The van der Waals surface area contributed by atoms with Crippen LogP contribution in [0.5, 0.6) is 0 Å². The number of hydrogen-bond donors (Lipinski definition) is 1. The molecule has 0 radical (unpaired) electrons. The van der Waals surface area contributed by atoms with Crippen LogP contribution in [0.4, 0.5) is 19.6 Å². The van der Waals surface area contributed by atoms with E-state index in [1.807, 2.05) is 0 Å². The molecule has 0 amide bonds. The maximum absolute atomic E-state index is 13.4. The molecule has 2 nitrogen and oxygen atoms in total. The second-order valence-corrected chi connectivity index (χ2v) is 5.01. The van der Waals surface area contributed by atoms with E-state index >= 15 is 0 Å². The van der Waals surface area contributed by atoms with Crippen molar-refractivity contribution in [3.05, 3.63) is 38.8 Å². The number of aromatic nitrogens is 1. The first kappa shape index (κ1) is 11.8. The Hall–Kier alpha value is -0.720. The van der Waals surface area contributed by atoms with Crippen LogP contribution in [0.2, 0.25) is 5.15 Å². The van der Waals surface area contributed by atoms with Crippen LogP contribution in [0.3, 0.4) is 0 Å². The van der Waals surface area contributed by atoms with Crippen molar-refractivity contribution in [2.45, 2.75) is 0 Å². The molecule has 7 heteroatoms. The Balaban J connectivity index is 2.34. The van der Waals surface area contributed by atoms with Crippen LogP contribution in [-0.4, -0.2) is 4.98 Å². The Labute approximate surface area is 107 Å². The summed E-state index contributed by atoms with van der Waals surface area (Å²) in [5.74, 6) is -1.39. The van der Waals surface area contributed by atoms with Crippen molar-refractivity contribution in [1.29, 1.82) is 0 Å². The third kappa shape index (κ3) is 2.50. The number of nitrogens with zero attached hydrogens (tertiary/aromatic N) is 1. The fraction of sp³-hybridized carbons (Fsp3) is 0. The Morgan fingerprint density at radius 2 is 1.94 bits per heavy atom. The molecule has 0 atom stereocenters. The zero-order valence-corrected chi connectivity index (χ0v) is 10.8. The van der Waals surface area contributed by atoms with E-state index in [4.69, 9.17) is 11.6 Å². The molecule has 2 rings (SSSR count). The molecule has 0 aliphatic heterocycles. The van der Waals surface area contributed by atoms with Crippen molar-refractivity contribution in [1.82, 2.24) is 4.98 Å². The van der Waals surface area contributed by atoms with Gasteiger partial charge >= 0.3 is 0 Å². The van der Waals surface area contributed by atoms with Gasteiger partial charge in [-0.3, -0.25) is 0 Å². The quantitative estimate of drug-likeness (QED) is 0.874. The maximum atomic E-state index is 13.4. The molecule has 0 bridgehead atoms. The zero-order valence-electron chi connectivity index (χ0n) is 7.60. The van der Waals surface area contributed by atoms with Gasteiger partial charge in [0.05, 0.1) is 0 Å². The van der Waals surface area contributed by atoms with Crippen LogP contribution in [0, 0.1) is 11.6 Å². The average Bonchev–Trinajstić information content (AvgIpc) is 2.58. The fourth-order valence-electron chi connectivity index (χ4n) is 1.08. The third-order valence-electron chi connectivity index (χ3n) is 1.71. The van der Waals surface area contributed by atoms with Gasteiger partial charge in [-0.05, 0) is 12.1 Å². The highest BCUT2D eigenvalue weighted by Crippen LogP contribution is 2.29. The zero-order chi connectivity index (χ0) is 11.7. The number of hydrogen-bond acceptors (Lipinski definition) is 3. The molecule has 0 fully saturated rings. The van der Waals surface area contributed by atoms with Gasteiger partial charge in [-0.2, -0.15) is 0 Å². The van der Waals surface area contributed by atoms with Gasteiger partial charge in [0, 0.05) is 9.85 Å². The number of thiazole rings is 1. The Bertz CT molecular complexity index is 509. The maximum Gasteiger partial charge on any atom is 0.188 e. The Kier molecular flexibility index (Phi) is 3.41. The molecule has 0 aliphatic rings. The summed E-state index contributed by atoms with van der Waals surface area (Å²) in [5, 5.41) is 4.73. The molecule has 0 saturated carbocycles. The summed E-state index contributed by atoms with van der Waals surface area (Å²) in [6.45, 7) is 0. The topological polar surface area (TPSA) is 24.9 Å². The molecule has 0 unspecified atom stereocenters. The minimum atomic E-state index is -0.696. The third-order valence-corrected chi connectivity index (χ3v) is 3.25. The van der Waals surface area contributed by atoms with E-state index in [2.05, 4.69) is 26.2 Å². The minimum Gasteiger partial charge on any atom is -0.327 e. The summed E-state index contributed by atoms with van der Waals surface area (Å²) in [5.41, 5.74) is -0.241. The van der Waals surface area contributed by atoms with Crippen molar-refractivity contribution in [3.8, 4) is 0 Å². The fourth-order valence-corrected chi connectivity index (χ4v) is 2.32. The van der Waals surface area contributed by atoms with Gasteiger partial charge < -0.3 is 5.32 Å². The SMILES string of the molecule is Fc1cc(Br)cc(F)c1Nc1nc(Cl)cs1. The summed E-state index contributed by atoms with van der Waals surface area (Å²) in [7, 11) is 0. The monoisotopic (exact) mass is 324 g/mol. The van der Waals surface area contributed by atoms with E-state index in [0.717, 1.165) is 0 Å². The lowest BCUT2D eigenvalue weighted by Gasteiger charge is -2.05. The lowest BCUT2D eigenvalue weighted by molar-refractivity contribution is 0.589. The number of benzene rings is 1. The number of anilines is 2. The van der Waals surface area contributed by atoms with E-state index < -0.39 is 11.6 Å². The van der Waals surface area contributed by atoms with E-state index in [0.29, 0.717) is 9.60 Å². The van der Waals surface area contributed by atoms with Gasteiger partial charge in [0.2, 0.25) is 0 Å². The number of rotatable bonds is 2. The lowest BCUT2D eigenvalue weighted by Crippen LogP contribution is -1.97. The summed E-state index contributed by atoms with van der Waals surface area (Å²) in [6, 6.07) is 2.33. The molecule has 1 heterocycles. The molecular weight excluding hydrogens is 322 g/mol. The molecule has 0 aliphatic carbocycles. The molecule has 16 heavy (non-hydrogen) atoms.